The van der Waals surface area contributed by atoms with Crippen molar-refractivity contribution in [3.63, 3.8) is 0 Å². The molecule has 78 valence electrons. The van der Waals surface area contributed by atoms with Gasteiger partial charge in [-0.25, -0.2) is 0 Å². The van der Waals surface area contributed by atoms with E-state index in [2.05, 4.69) is 31.4 Å². The maximum Gasteiger partial charge on any atom is 0.241 e. The van der Waals surface area contributed by atoms with Gasteiger partial charge in [-0.3, -0.25) is 9.89 Å². The number of aromatic amines is 1. The number of amides is 1. The van der Waals surface area contributed by atoms with Crippen molar-refractivity contribution < 1.29 is 4.79 Å². The number of H-pyrrole nitrogens is 1. The van der Waals surface area contributed by atoms with Gasteiger partial charge >= 0.3 is 0 Å². The van der Waals surface area contributed by atoms with Gasteiger partial charge in [0.1, 0.15) is 5.82 Å². The summed E-state index contributed by atoms with van der Waals surface area (Å²) in [5, 5.41) is 9.41. The van der Waals surface area contributed by atoms with E-state index in [1.165, 1.54) is 0 Å². The van der Waals surface area contributed by atoms with E-state index in [4.69, 9.17) is 0 Å². The molecule has 1 amide bonds. The van der Waals surface area contributed by atoms with Crippen LogP contribution in [-0.2, 0) is 11.2 Å². The second kappa shape index (κ2) is 4.13. The van der Waals surface area contributed by atoms with Gasteiger partial charge in [0.15, 0.2) is 0 Å². The Kier molecular flexibility index (Phi) is 3.31. The fourth-order valence-electron chi connectivity index (χ4n) is 0.950. The lowest BCUT2D eigenvalue weighted by Crippen LogP contribution is -2.31. The SMILES string of the molecule is CCc1cn[nH]c1NC(=O)C(C)(C)Br. The Balaban J connectivity index is 2.74. The number of anilines is 1. The second-order valence-corrected chi connectivity index (χ2v) is 5.53. The molecule has 0 unspecified atom stereocenters. The third-order valence-electron chi connectivity index (χ3n) is 1.88. The van der Waals surface area contributed by atoms with E-state index in [0.717, 1.165) is 12.0 Å². The minimum Gasteiger partial charge on any atom is -0.310 e. The number of carbonyl (C=O) groups excluding carboxylic acids is 1. The van der Waals surface area contributed by atoms with Crippen LogP contribution in [-0.4, -0.2) is 20.4 Å². The van der Waals surface area contributed by atoms with Crippen LogP contribution in [0.5, 0.6) is 0 Å². The number of hydrogen-bond donors (Lipinski definition) is 2. The van der Waals surface area contributed by atoms with Gasteiger partial charge in [0, 0.05) is 5.56 Å². The molecule has 0 atom stereocenters. The average Bonchev–Trinajstić information content (AvgIpc) is 2.50. The van der Waals surface area contributed by atoms with Crippen LogP contribution in [0.15, 0.2) is 6.20 Å². The number of alkyl halides is 1. The molecule has 1 heterocycles. The van der Waals surface area contributed by atoms with Gasteiger partial charge in [0.2, 0.25) is 5.91 Å². The molecule has 0 spiro atoms. The Morgan fingerprint density at radius 3 is 2.86 bits per heavy atom. The maximum atomic E-state index is 11.6. The predicted octanol–water partition coefficient (Wildman–Crippen LogP) is 2.08. The van der Waals surface area contributed by atoms with E-state index in [1.807, 2.05) is 6.92 Å². The Morgan fingerprint density at radius 1 is 1.71 bits per heavy atom. The highest BCUT2D eigenvalue weighted by Gasteiger charge is 2.24. The Labute approximate surface area is 91.6 Å². The molecule has 0 aliphatic carbocycles. The van der Waals surface area contributed by atoms with Gasteiger partial charge in [0.05, 0.1) is 10.5 Å². The molecular formula is C9H14BrN3O. The molecule has 0 saturated heterocycles. The van der Waals surface area contributed by atoms with Crippen LogP contribution in [0.3, 0.4) is 0 Å². The molecule has 14 heavy (non-hydrogen) atoms. The number of hydrogen-bond acceptors (Lipinski definition) is 2. The molecular weight excluding hydrogens is 246 g/mol. The Morgan fingerprint density at radius 2 is 2.36 bits per heavy atom. The largest absolute Gasteiger partial charge is 0.310 e. The first-order valence-electron chi connectivity index (χ1n) is 4.47. The highest BCUT2D eigenvalue weighted by Crippen LogP contribution is 2.19. The molecule has 0 bridgehead atoms. The van der Waals surface area contributed by atoms with Crippen LogP contribution in [0, 0.1) is 0 Å². The van der Waals surface area contributed by atoms with Crippen molar-refractivity contribution in [3.8, 4) is 0 Å². The summed E-state index contributed by atoms with van der Waals surface area (Å²) < 4.78 is -0.566. The first-order chi connectivity index (χ1) is 6.45. The van der Waals surface area contributed by atoms with Gasteiger partial charge < -0.3 is 5.32 Å². The van der Waals surface area contributed by atoms with Crippen molar-refractivity contribution in [2.24, 2.45) is 0 Å². The number of aromatic nitrogens is 2. The number of aryl methyl sites for hydroxylation is 1. The molecule has 0 fully saturated rings. The van der Waals surface area contributed by atoms with Crippen molar-refractivity contribution >= 4 is 27.7 Å². The van der Waals surface area contributed by atoms with Crippen molar-refractivity contribution in [2.75, 3.05) is 5.32 Å². The molecule has 0 aromatic carbocycles. The predicted molar refractivity (Wildman–Crippen MR) is 59.6 cm³/mol. The summed E-state index contributed by atoms with van der Waals surface area (Å²) in [6, 6.07) is 0. The molecule has 0 aliphatic rings. The minimum atomic E-state index is -0.566. The summed E-state index contributed by atoms with van der Waals surface area (Å²) in [5.41, 5.74) is 1.01. The summed E-state index contributed by atoms with van der Waals surface area (Å²) in [6.45, 7) is 5.61. The standard InChI is InChI=1S/C9H14BrN3O/c1-4-6-5-11-13-7(6)12-8(14)9(2,3)10/h5H,4H2,1-3H3,(H2,11,12,13,14). The van der Waals surface area contributed by atoms with E-state index in [1.54, 1.807) is 20.0 Å². The fraction of sp³-hybridized carbons (Fsp3) is 0.556. The molecule has 0 radical (unpaired) electrons. The van der Waals surface area contributed by atoms with E-state index < -0.39 is 4.32 Å². The quantitative estimate of drug-likeness (QED) is 0.817. The van der Waals surface area contributed by atoms with Gasteiger partial charge in [-0.1, -0.05) is 22.9 Å². The van der Waals surface area contributed by atoms with Crippen LogP contribution in [0.25, 0.3) is 0 Å². The number of nitrogens with zero attached hydrogens (tertiary/aromatic N) is 1. The Hall–Kier alpha value is -0.840. The number of nitrogens with one attached hydrogen (secondary N) is 2. The highest BCUT2D eigenvalue weighted by atomic mass is 79.9. The number of rotatable bonds is 3. The molecule has 0 aliphatic heterocycles. The number of halogens is 1. The van der Waals surface area contributed by atoms with Crippen molar-refractivity contribution in [3.05, 3.63) is 11.8 Å². The van der Waals surface area contributed by atoms with Crippen molar-refractivity contribution in [1.82, 2.24) is 10.2 Å². The van der Waals surface area contributed by atoms with Crippen molar-refractivity contribution in [2.45, 2.75) is 31.5 Å². The second-order valence-electron chi connectivity index (χ2n) is 3.55. The summed E-state index contributed by atoms with van der Waals surface area (Å²) >= 11 is 3.29. The fourth-order valence-corrected chi connectivity index (χ4v) is 1.05. The maximum absolute atomic E-state index is 11.6. The zero-order chi connectivity index (χ0) is 10.8. The molecule has 1 rings (SSSR count). The first-order valence-corrected chi connectivity index (χ1v) is 5.27. The third-order valence-corrected chi connectivity index (χ3v) is 2.24. The lowest BCUT2D eigenvalue weighted by molar-refractivity contribution is -0.117. The lowest BCUT2D eigenvalue weighted by atomic mass is 10.2. The van der Waals surface area contributed by atoms with E-state index >= 15 is 0 Å². The third kappa shape index (κ3) is 2.57. The molecule has 4 nitrogen and oxygen atoms in total. The highest BCUT2D eigenvalue weighted by molar-refractivity contribution is 9.10. The van der Waals surface area contributed by atoms with Crippen LogP contribution in [0.1, 0.15) is 26.3 Å². The summed E-state index contributed by atoms with van der Waals surface area (Å²) in [7, 11) is 0. The number of carbonyl (C=O) groups is 1. The van der Waals surface area contributed by atoms with Crippen LogP contribution in [0.4, 0.5) is 5.82 Å². The molecule has 1 aromatic heterocycles. The zero-order valence-corrected chi connectivity index (χ0v) is 10.1. The normalized spacial score (nSPS) is 11.4. The lowest BCUT2D eigenvalue weighted by Gasteiger charge is -2.15. The van der Waals surface area contributed by atoms with Crippen molar-refractivity contribution in [1.29, 1.82) is 0 Å². The minimum absolute atomic E-state index is 0.0866. The smallest absolute Gasteiger partial charge is 0.241 e. The Bertz CT molecular complexity index is 327. The van der Waals surface area contributed by atoms with Crippen LogP contribution in [0.2, 0.25) is 0 Å². The van der Waals surface area contributed by atoms with Gasteiger partial charge in [-0.15, -0.1) is 0 Å². The molecule has 5 heteroatoms. The van der Waals surface area contributed by atoms with Crippen LogP contribution >= 0.6 is 15.9 Å². The van der Waals surface area contributed by atoms with E-state index in [0.29, 0.717) is 5.82 Å². The first kappa shape index (κ1) is 11.2. The van der Waals surface area contributed by atoms with Gasteiger partial charge in [-0.2, -0.15) is 5.10 Å². The average molecular weight is 260 g/mol. The van der Waals surface area contributed by atoms with E-state index in [9.17, 15) is 4.79 Å². The van der Waals surface area contributed by atoms with Gasteiger partial charge in [-0.05, 0) is 20.3 Å². The topological polar surface area (TPSA) is 57.8 Å². The molecule has 0 saturated carbocycles. The van der Waals surface area contributed by atoms with Gasteiger partial charge in [0.25, 0.3) is 0 Å². The molecule has 1 aromatic rings. The van der Waals surface area contributed by atoms with E-state index in [-0.39, 0.29) is 5.91 Å². The van der Waals surface area contributed by atoms with Crippen LogP contribution < -0.4 is 5.32 Å². The summed E-state index contributed by atoms with van der Waals surface area (Å²) in [4.78, 5) is 11.6. The summed E-state index contributed by atoms with van der Waals surface area (Å²) in [5.74, 6) is 0.599. The monoisotopic (exact) mass is 259 g/mol. The zero-order valence-electron chi connectivity index (χ0n) is 8.52. The summed E-state index contributed by atoms with van der Waals surface area (Å²) in [6.07, 6.45) is 2.56. The molecule has 2 N–H and O–H groups in total.